The van der Waals surface area contributed by atoms with Gasteiger partial charge in [-0.2, -0.15) is 0 Å². The molecule has 0 bridgehead atoms. The summed E-state index contributed by atoms with van der Waals surface area (Å²) < 4.78 is 5.15. The SMILES string of the molecule is CC.CNc1c(C)cccc1OC. The van der Waals surface area contributed by atoms with Crippen molar-refractivity contribution in [3.63, 3.8) is 0 Å². The molecule has 0 aliphatic rings. The Bertz CT molecular complexity index is 246. The first-order valence-corrected chi connectivity index (χ1v) is 4.61. The van der Waals surface area contributed by atoms with Crippen LogP contribution in [-0.4, -0.2) is 14.2 Å². The first kappa shape index (κ1) is 11.8. The van der Waals surface area contributed by atoms with Crippen LogP contribution in [-0.2, 0) is 0 Å². The van der Waals surface area contributed by atoms with E-state index in [9.17, 15) is 0 Å². The van der Waals surface area contributed by atoms with Crippen LogP contribution >= 0.6 is 0 Å². The minimum atomic E-state index is 0.896. The van der Waals surface area contributed by atoms with Crippen molar-refractivity contribution in [1.82, 2.24) is 0 Å². The van der Waals surface area contributed by atoms with E-state index in [0.29, 0.717) is 0 Å². The van der Waals surface area contributed by atoms with Gasteiger partial charge in [-0.3, -0.25) is 0 Å². The lowest BCUT2D eigenvalue weighted by atomic mass is 10.2. The zero-order valence-electron chi connectivity index (χ0n) is 9.14. The molecule has 1 N–H and O–H groups in total. The molecule has 0 saturated carbocycles. The van der Waals surface area contributed by atoms with Gasteiger partial charge in [-0.25, -0.2) is 0 Å². The summed E-state index contributed by atoms with van der Waals surface area (Å²) in [7, 11) is 3.57. The third-order valence-electron chi connectivity index (χ3n) is 1.70. The van der Waals surface area contributed by atoms with Crippen LogP contribution in [0.3, 0.4) is 0 Å². The van der Waals surface area contributed by atoms with Gasteiger partial charge in [0.2, 0.25) is 0 Å². The van der Waals surface area contributed by atoms with Gasteiger partial charge in [-0.15, -0.1) is 0 Å². The zero-order valence-corrected chi connectivity index (χ0v) is 9.14. The Hall–Kier alpha value is -1.18. The molecule has 0 radical (unpaired) electrons. The number of aryl methyl sites for hydroxylation is 1. The fraction of sp³-hybridized carbons (Fsp3) is 0.455. The molecule has 0 spiro atoms. The smallest absolute Gasteiger partial charge is 0.142 e. The molecule has 0 amide bonds. The minimum absolute atomic E-state index is 0.896. The van der Waals surface area contributed by atoms with Crippen molar-refractivity contribution in [2.75, 3.05) is 19.5 Å². The normalized spacial score (nSPS) is 8.38. The average molecular weight is 181 g/mol. The molecule has 0 fully saturated rings. The Morgan fingerprint density at radius 3 is 2.23 bits per heavy atom. The minimum Gasteiger partial charge on any atom is -0.495 e. The van der Waals surface area contributed by atoms with Crippen LogP contribution in [0, 0.1) is 6.92 Å². The van der Waals surface area contributed by atoms with E-state index in [1.54, 1.807) is 7.11 Å². The number of anilines is 1. The van der Waals surface area contributed by atoms with Gasteiger partial charge < -0.3 is 10.1 Å². The number of benzene rings is 1. The fourth-order valence-electron chi connectivity index (χ4n) is 1.13. The Kier molecular flexibility index (Phi) is 5.77. The number of hydrogen-bond donors (Lipinski definition) is 1. The first-order valence-electron chi connectivity index (χ1n) is 4.61. The maximum atomic E-state index is 5.15. The molecule has 0 aliphatic carbocycles. The van der Waals surface area contributed by atoms with Crippen molar-refractivity contribution in [3.8, 4) is 5.75 Å². The number of hydrogen-bond acceptors (Lipinski definition) is 2. The summed E-state index contributed by atoms with van der Waals surface area (Å²) >= 11 is 0. The predicted molar refractivity (Wildman–Crippen MR) is 58.6 cm³/mol. The number of methoxy groups -OCH3 is 1. The Morgan fingerprint density at radius 2 is 1.85 bits per heavy atom. The highest BCUT2D eigenvalue weighted by atomic mass is 16.5. The van der Waals surface area contributed by atoms with Crippen LogP contribution in [0.1, 0.15) is 19.4 Å². The van der Waals surface area contributed by atoms with Crippen molar-refractivity contribution < 1.29 is 4.74 Å². The molecule has 0 aromatic heterocycles. The summed E-state index contributed by atoms with van der Waals surface area (Å²) in [5.74, 6) is 0.896. The molecule has 1 aromatic rings. The molecule has 0 atom stereocenters. The third-order valence-corrected chi connectivity index (χ3v) is 1.70. The van der Waals surface area contributed by atoms with Crippen molar-refractivity contribution >= 4 is 5.69 Å². The lowest BCUT2D eigenvalue weighted by Crippen LogP contribution is -1.95. The molecule has 0 aliphatic heterocycles. The highest BCUT2D eigenvalue weighted by molar-refractivity contribution is 5.61. The molecule has 0 unspecified atom stereocenters. The van der Waals surface area contributed by atoms with E-state index in [4.69, 9.17) is 4.74 Å². The van der Waals surface area contributed by atoms with Crippen molar-refractivity contribution in [1.29, 1.82) is 0 Å². The lowest BCUT2D eigenvalue weighted by Gasteiger charge is -2.09. The predicted octanol–water partition coefficient (Wildman–Crippen LogP) is 3.07. The van der Waals surface area contributed by atoms with Crippen molar-refractivity contribution in [2.24, 2.45) is 0 Å². The second-order valence-electron chi connectivity index (χ2n) is 2.40. The molecular formula is C11H19NO. The summed E-state index contributed by atoms with van der Waals surface area (Å²) in [5.41, 5.74) is 2.27. The Labute approximate surface area is 80.9 Å². The topological polar surface area (TPSA) is 21.3 Å². The maximum absolute atomic E-state index is 5.15. The van der Waals surface area contributed by atoms with E-state index in [0.717, 1.165) is 11.4 Å². The maximum Gasteiger partial charge on any atom is 0.142 e. The van der Waals surface area contributed by atoms with Gasteiger partial charge in [0.25, 0.3) is 0 Å². The van der Waals surface area contributed by atoms with Gasteiger partial charge in [-0.1, -0.05) is 26.0 Å². The number of ether oxygens (including phenoxy) is 1. The number of rotatable bonds is 2. The molecule has 13 heavy (non-hydrogen) atoms. The second kappa shape index (κ2) is 6.35. The van der Waals surface area contributed by atoms with Crippen molar-refractivity contribution in [2.45, 2.75) is 20.8 Å². The number of para-hydroxylation sites is 1. The summed E-state index contributed by atoms with van der Waals surface area (Å²) in [4.78, 5) is 0. The van der Waals surface area contributed by atoms with Crippen LogP contribution in [0.2, 0.25) is 0 Å². The van der Waals surface area contributed by atoms with Crippen LogP contribution in [0.15, 0.2) is 18.2 Å². The van der Waals surface area contributed by atoms with Gasteiger partial charge in [-0.05, 0) is 18.6 Å². The third kappa shape index (κ3) is 2.98. The molecule has 0 saturated heterocycles. The number of nitrogens with one attached hydrogen (secondary N) is 1. The zero-order chi connectivity index (χ0) is 10.3. The van der Waals surface area contributed by atoms with E-state index >= 15 is 0 Å². The van der Waals surface area contributed by atoms with Crippen molar-refractivity contribution in [3.05, 3.63) is 23.8 Å². The van der Waals surface area contributed by atoms with Crippen LogP contribution in [0.25, 0.3) is 0 Å². The quantitative estimate of drug-likeness (QED) is 0.757. The van der Waals surface area contributed by atoms with E-state index in [1.807, 2.05) is 46.0 Å². The summed E-state index contributed by atoms with van der Waals surface area (Å²) in [6.45, 7) is 6.05. The lowest BCUT2D eigenvalue weighted by molar-refractivity contribution is 0.416. The monoisotopic (exact) mass is 181 g/mol. The van der Waals surface area contributed by atoms with Gasteiger partial charge in [0.05, 0.1) is 12.8 Å². The van der Waals surface area contributed by atoms with E-state index in [-0.39, 0.29) is 0 Å². The second-order valence-corrected chi connectivity index (χ2v) is 2.40. The van der Waals surface area contributed by atoms with Crippen LogP contribution in [0.5, 0.6) is 5.75 Å². The standard InChI is InChI=1S/C9H13NO.C2H6/c1-7-5-4-6-8(11-3)9(7)10-2;1-2/h4-6,10H,1-3H3;1-2H3. The Morgan fingerprint density at radius 1 is 1.23 bits per heavy atom. The summed E-state index contributed by atoms with van der Waals surface area (Å²) in [6.07, 6.45) is 0. The highest BCUT2D eigenvalue weighted by Crippen LogP contribution is 2.26. The van der Waals surface area contributed by atoms with Crippen LogP contribution < -0.4 is 10.1 Å². The van der Waals surface area contributed by atoms with Gasteiger partial charge >= 0.3 is 0 Å². The molecule has 1 aromatic carbocycles. The molecule has 2 nitrogen and oxygen atoms in total. The largest absolute Gasteiger partial charge is 0.495 e. The van der Waals surface area contributed by atoms with E-state index in [2.05, 4.69) is 5.32 Å². The average Bonchev–Trinajstić information content (AvgIpc) is 2.20. The van der Waals surface area contributed by atoms with Crippen LogP contribution in [0.4, 0.5) is 5.69 Å². The molecule has 0 heterocycles. The molecule has 2 heteroatoms. The fourth-order valence-corrected chi connectivity index (χ4v) is 1.13. The molecule has 1 rings (SSSR count). The van der Waals surface area contributed by atoms with Gasteiger partial charge in [0.15, 0.2) is 0 Å². The summed E-state index contributed by atoms with van der Waals surface area (Å²) in [5, 5.41) is 3.09. The molecule has 74 valence electrons. The van der Waals surface area contributed by atoms with Gasteiger partial charge in [0.1, 0.15) is 5.75 Å². The molecular weight excluding hydrogens is 162 g/mol. The summed E-state index contributed by atoms with van der Waals surface area (Å²) in [6, 6.07) is 5.97. The first-order chi connectivity index (χ1) is 6.29. The highest BCUT2D eigenvalue weighted by Gasteiger charge is 2.01. The van der Waals surface area contributed by atoms with E-state index in [1.165, 1.54) is 5.56 Å². The van der Waals surface area contributed by atoms with E-state index < -0.39 is 0 Å². The Balaban J connectivity index is 0.000000671. The van der Waals surface area contributed by atoms with Gasteiger partial charge in [0, 0.05) is 7.05 Å².